The van der Waals surface area contributed by atoms with Crippen molar-refractivity contribution >= 4 is 23.1 Å². The number of rotatable bonds is 3. The summed E-state index contributed by atoms with van der Waals surface area (Å²) in [6.45, 7) is 6.35. The van der Waals surface area contributed by atoms with Gasteiger partial charge >= 0.3 is 0 Å². The van der Waals surface area contributed by atoms with Crippen LogP contribution in [0.2, 0.25) is 0 Å². The molecule has 0 atom stereocenters. The number of nitrogens with zero attached hydrogens (tertiary/aromatic N) is 1. The molecule has 142 valence electrons. The van der Waals surface area contributed by atoms with Gasteiger partial charge in [0, 0.05) is 42.1 Å². The average molecular weight is 365 g/mol. The molecule has 0 saturated carbocycles. The van der Waals surface area contributed by atoms with Crippen molar-refractivity contribution in [1.82, 2.24) is 4.98 Å². The van der Waals surface area contributed by atoms with Crippen LogP contribution in [0.3, 0.4) is 0 Å². The Morgan fingerprint density at radius 3 is 2.52 bits per heavy atom. The highest BCUT2D eigenvalue weighted by Crippen LogP contribution is 2.28. The van der Waals surface area contributed by atoms with E-state index in [0.29, 0.717) is 12.1 Å². The van der Waals surface area contributed by atoms with Crippen LogP contribution in [0.25, 0.3) is 0 Å². The zero-order chi connectivity index (χ0) is 19.0. The summed E-state index contributed by atoms with van der Waals surface area (Å²) in [6, 6.07) is 8.05. The Morgan fingerprint density at radius 2 is 1.85 bits per heavy atom. The summed E-state index contributed by atoms with van der Waals surface area (Å²) in [5.74, 6) is 0.764. The molecule has 1 aliphatic heterocycles. The van der Waals surface area contributed by atoms with E-state index in [9.17, 15) is 9.59 Å². The molecule has 0 radical (unpaired) electrons. The maximum absolute atomic E-state index is 12.7. The minimum Gasteiger partial charge on any atom is -0.372 e. The van der Waals surface area contributed by atoms with Crippen LogP contribution in [-0.2, 0) is 6.42 Å². The number of benzene rings is 1. The van der Waals surface area contributed by atoms with Crippen LogP contribution in [-0.4, -0.2) is 29.8 Å². The van der Waals surface area contributed by atoms with Gasteiger partial charge in [0.15, 0.2) is 5.78 Å². The first-order valence-corrected chi connectivity index (χ1v) is 9.94. The van der Waals surface area contributed by atoms with Crippen LogP contribution in [0.15, 0.2) is 24.3 Å². The van der Waals surface area contributed by atoms with E-state index >= 15 is 0 Å². The number of carbonyl (C=O) groups excluding carboxylic acids is 2. The fourth-order valence-corrected chi connectivity index (χ4v) is 4.22. The van der Waals surface area contributed by atoms with Crippen molar-refractivity contribution < 1.29 is 9.59 Å². The van der Waals surface area contributed by atoms with Crippen molar-refractivity contribution in [2.24, 2.45) is 5.92 Å². The third kappa shape index (κ3) is 3.51. The maximum atomic E-state index is 12.7. The van der Waals surface area contributed by atoms with Crippen LogP contribution in [0, 0.1) is 12.8 Å². The summed E-state index contributed by atoms with van der Waals surface area (Å²) in [4.78, 5) is 30.5. The third-order valence-corrected chi connectivity index (χ3v) is 5.94. The molecule has 1 aromatic carbocycles. The lowest BCUT2D eigenvalue weighted by atomic mass is 9.94. The Bertz CT molecular complexity index is 858. The quantitative estimate of drug-likeness (QED) is 0.851. The zero-order valence-corrected chi connectivity index (χ0v) is 16.1. The predicted molar refractivity (Wildman–Crippen MR) is 108 cm³/mol. The van der Waals surface area contributed by atoms with Gasteiger partial charge in [0.2, 0.25) is 0 Å². The number of aryl methyl sites for hydroxylation is 1. The number of fused-ring (bicyclic) bond motifs is 1. The van der Waals surface area contributed by atoms with Crippen molar-refractivity contribution in [3.05, 3.63) is 46.8 Å². The van der Waals surface area contributed by atoms with Gasteiger partial charge < -0.3 is 15.2 Å². The predicted octanol–water partition coefficient (Wildman–Crippen LogP) is 4.33. The first kappa shape index (κ1) is 17.8. The van der Waals surface area contributed by atoms with E-state index in [4.69, 9.17) is 0 Å². The third-order valence-electron chi connectivity index (χ3n) is 5.94. The summed E-state index contributed by atoms with van der Waals surface area (Å²) < 4.78 is 0. The van der Waals surface area contributed by atoms with E-state index in [1.165, 1.54) is 18.5 Å². The van der Waals surface area contributed by atoms with Crippen LogP contribution in [0.4, 0.5) is 11.4 Å². The van der Waals surface area contributed by atoms with Crippen molar-refractivity contribution in [3.63, 3.8) is 0 Å². The number of H-pyrrole nitrogens is 1. The standard InChI is InChI=1S/C22H27N3O2/c1-14-10-12-25(13-11-14)17-8-6-16(7-9-17)23-22(27)21-15(2)20-18(24-21)4-3-5-19(20)26/h6-9,14,24H,3-5,10-13H2,1-2H3,(H,23,27). The number of hydrogen-bond acceptors (Lipinski definition) is 3. The molecule has 1 aliphatic carbocycles. The summed E-state index contributed by atoms with van der Waals surface area (Å²) in [6.07, 6.45) is 4.72. The minimum absolute atomic E-state index is 0.143. The number of nitrogens with one attached hydrogen (secondary N) is 2. The fraction of sp³-hybridized carbons (Fsp3) is 0.455. The second-order valence-electron chi connectivity index (χ2n) is 7.93. The van der Waals surface area contributed by atoms with Crippen molar-refractivity contribution in [1.29, 1.82) is 0 Å². The van der Waals surface area contributed by atoms with E-state index in [1.807, 2.05) is 19.1 Å². The lowest BCUT2D eigenvalue weighted by Gasteiger charge is -2.32. The molecule has 0 unspecified atom stereocenters. The Morgan fingerprint density at radius 1 is 1.15 bits per heavy atom. The van der Waals surface area contributed by atoms with Gasteiger partial charge in [-0.1, -0.05) is 6.92 Å². The number of aromatic nitrogens is 1. The van der Waals surface area contributed by atoms with E-state index in [2.05, 4.69) is 34.3 Å². The van der Waals surface area contributed by atoms with Gasteiger partial charge in [-0.3, -0.25) is 9.59 Å². The van der Waals surface area contributed by atoms with Crippen LogP contribution >= 0.6 is 0 Å². The molecule has 2 N–H and O–H groups in total. The monoisotopic (exact) mass is 365 g/mol. The van der Waals surface area contributed by atoms with E-state index in [-0.39, 0.29) is 11.7 Å². The Balaban J connectivity index is 1.46. The first-order chi connectivity index (χ1) is 13.0. The molecule has 0 spiro atoms. The van der Waals surface area contributed by atoms with E-state index in [1.54, 1.807) is 0 Å². The summed E-state index contributed by atoms with van der Waals surface area (Å²) >= 11 is 0. The number of carbonyl (C=O) groups is 2. The SMILES string of the molecule is Cc1c(C(=O)Nc2ccc(N3CCC(C)CC3)cc2)[nH]c2c1C(=O)CCC2. The lowest BCUT2D eigenvalue weighted by molar-refractivity contribution is 0.0971. The van der Waals surface area contributed by atoms with Gasteiger partial charge in [-0.2, -0.15) is 0 Å². The Kier molecular flexibility index (Phi) is 4.77. The van der Waals surface area contributed by atoms with Gasteiger partial charge in [-0.25, -0.2) is 0 Å². The molecule has 1 aromatic heterocycles. The highest BCUT2D eigenvalue weighted by atomic mass is 16.2. The van der Waals surface area contributed by atoms with Crippen LogP contribution < -0.4 is 10.2 Å². The van der Waals surface area contributed by atoms with Crippen LogP contribution in [0.5, 0.6) is 0 Å². The van der Waals surface area contributed by atoms with Crippen molar-refractivity contribution in [2.75, 3.05) is 23.3 Å². The van der Waals surface area contributed by atoms with Gasteiger partial charge in [0.1, 0.15) is 5.69 Å². The zero-order valence-electron chi connectivity index (χ0n) is 16.1. The van der Waals surface area contributed by atoms with Gasteiger partial charge in [-0.15, -0.1) is 0 Å². The van der Waals surface area contributed by atoms with E-state index in [0.717, 1.165) is 54.4 Å². The fourth-order valence-electron chi connectivity index (χ4n) is 4.22. The van der Waals surface area contributed by atoms with Crippen molar-refractivity contribution in [2.45, 2.75) is 46.0 Å². The summed E-state index contributed by atoms with van der Waals surface area (Å²) in [5, 5.41) is 2.96. The molecule has 0 bridgehead atoms. The average Bonchev–Trinajstić information content (AvgIpc) is 3.01. The molecule has 27 heavy (non-hydrogen) atoms. The van der Waals surface area contributed by atoms with Crippen LogP contribution in [0.1, 0.15) is 64.7 Å². The maximum Gasteiger partial charge on any atom is 0.272 e. The largest absolute Gasteiger partial charge is 0.372 e. The smallest absolute Gasteiger partial charge is 0.272 e. The summed E-state index contributed by atoms with van der Waals surface area (Å²) in [5.41, 5.74) is 4.88. The Hall–Kier alpha value is -2.56. The molecule has 1 saturated heterocycles. The molecular formula is C22H27N3O2. The molecule has 2 aliphatic rings. The van der Waals surface area contributed by atoms with Crippen molar-refractivity contribution in [3.8, 4) is 0 Å². The van der Waals surface area contributed by atoms with Gasteiger partial charge in [-0.05, 0) is 68.4 Å². The van der Waals surface area contributed by atoms with Gasteiger partial charge in [0.25, 0.3) is 5.91 Å². The second-order valence-corrected chi connectivity index (χ2v) is 7.93. The first-order valence-electron chi connectivity index (χ1n) is 9.94. The summed E-state index contributed by atoms with van der Waals surface area (Å²) in [7, 11) is 0. The number of Topliss-reactive ketones (excluding diaryl/α,β-unsaturated/α-hetero) is 1. The number of ketones is 1. The van der Waals surface area contributed by atoms with Gasteiger partial charge in [0.05, 0.1) is 0 Å². The molecule has 2 heterocycles. The van der Waals surface area contributed by atoms with E-state index < -0.39 is 0 Å². The molecule has 2 aromatic rings. The number of anilines is 2. The molecule has 1 fully saturated rings. The molecule has 5 heteroatoms. The molecule has 5 nitrogen and oxygen atoms in total. The molecule has 1 amide bonds. The molecule has 4 rings (SSSR count). The topological polar surface area (TPSA) is 65.2 Å². The lowest BCUT2D eigenvalue weighted by Crippen LogP contribution is -2.32. The number of piperidine rings is 1. The highest BCUT2D eigenvalue weighted by molar-refractivity contribution is 6.08. The molecular weight excluding hydrogens is 338 g/mol. The number of hydrogen-bond donors (Lipinski definition) is 2. The minimum atomic E-state index is -0.186. The number of aromatic amines is 1. The Labute approximate surface area is 160 Å². The number of amides is 1. The highest BCUT2D eigenvalue weighted by Gasteiger charge is 2.26. The second kappa shape index (κ2) is 7.22. The normalized spacial score (nSPS) is 17.7.